The van der Waals surface area contributed by atoms with Gasteiger partial charge in [0, 0.05) is 12.6 Å². The van der Waals surface area contributed by atoms with Crippen molar-refractivity contribution in [3.63, 3.8) is 0 Å². The summed E-state index contributed by atoms with van der Waals surface area (Å²) >= 11 is 0. The molecule has 0 aromatic heterocycles. The molecule has 9 heteroatoms. The molecule has 1 N–H and O–H groups in total. The van der Waals surface area contributed by atoms with E-state index in [0.29, 0.717) is 11.5 Å². The minimum atomic E-state index is -4.17. The van der Waals surface area contributed by atoms with Crippen molar-refractivity contribution in [3.8, 4) is 11.5 Å². The Balaban J connectivity index is 1.71. The van der Waals surface area contributed by atoms with Gasteiger partial charge in [-0.3, -0.25) is 13.9 Å². The Bertz CT molecular complexity index is 1670. The number of hydrogen-bond donors (Lipinski definition) is 1. The first-order valence-corrected chi connectivity index (χ1v) is 16.0. The molecular weight excluding hydrogens is 574 g/mol. The van der Waals surface area contributed by atoms with Crippen LogP contribution in [0.2, 0.25) is 0 Å². The number of para-hydroxylation sites is 1. The van der Waals surface area contributed by atoms with E-state index in [1.54, 1.807) is 43.3 Å². The molecular formula is C35H39N3O5S. The fourth-order valence-corrected chi connectivity index (χ4v) is 6.04. The lowest BCUT2D eigenvalue weighted by atomic mass is 10.1. The van der Waals surface area contributed by atoms with Gasteiger partial charge < -0.3 is 15.0 Å². The van der Waals surface area contributed by atoms with Gasteiger partial charge in [-0.05, 0) is 94.3 Å². The van der Waals surface area contributed by atoms with Crippen LogP contribution in [-0.2, 0) is 26.2 Å². The van der Waals surface area contributed by atoms with E-state index >= 15 is 0 Å². The van der Waals surface area contributed by atoms with Gasteiger partial charge in [-0.2, -0.15) is 0 Å². The first-order valence-electron chi connectivity index (χ1n) is 14.5. The standard InChI is InChI=1S/C35H39N3O5S/c1-25(2)36-35(40)28(5)37(23-29-12-10-9-11-27(29)4)34(39)24-38(44(41,42)33-21-15-26(3)16-22-33)30-17-19-32(20-18-30)43-31-13-7-6-8-14-31/h6-22,25,28H,23-24H2,1-5H3,(H,36,40)/t28-/m1/s1. The Labute approximate surface area is 260 Å². The lowest BCUT2D eigenvalue weighted by Crippen LogP contribution is -2.52. The fraction of sp³-hybridized carbons (Fsp3) is 0.257. The summed E-state index contributed by atoms with van der Waals surface area (Å²) in [6.07, 6.45) is 0. The number of nitrogens with zero attached hydrogens (tertiary/aromatic N) is 2. The molecule has 0 radical (unpaired) electrons. The number of benzene rings is 4. The van der Waals surface area contributed by atoms with E-state index in [2.05, 4.69) is 5.32 Å². The van der Waals surface area contributed by atoms with Gasteiger partial charge in [-0.1, -0.05) is 60.2 Å². The monoisotopic (exact) mass is 613 g/mol. The highest BCUT2D eigenvalue weighted by Crippen LogP contribution is 2.29. The Hall–Kier alpha value is -4.63. The summed E-state index contributed by atoms with van der Waals surface area (Å²) in [7, 11) is -4.17. The number of amides is 2. The molecule has 2 amide bonds. The summed E-state index contributed by atoms with van der Waals surface area (Å²) in [5, 5.41) is 2.87. The zero-order valence-electron chi connectivity index (χ0n) is 25.7. The molecule has 230 valence electrons. The summed E-state index contributed by atoms with van der Waals surface area (Å²) in [5.74, 6) is 0.316. The van der Waals surface area contributed by atoms with E-state index in [4.69, 9.17) is 4.74 Å². The van der Waals surface area contributed by atoms with Gasteiger partial charge in [-0.25, -0.2) is 8.42 Å². The number of carbonyl (C=O) groups excluding carboxylic acids is 2. The second-order valence-corrected chi connectivity index (χ2v) is 12.9. The Morgan fingerprint density at radius 1 is 0.773 bits per heavy atom. The number of aryl methyl sites for hydroxylation is 2. The van der Waals surface area contributed by atoms with Crippen molar-refractivity contribution in [1.29, 1.82) is 0 Å². The van der Waals surface area contributed by atoms with Crippen LogP contribution in [0.5, 0.6) is 11.5 Å². The molecule has 1 atom stereocenters. The molecule has 44 heavy (non-hydrogen) atoms. The zero-order chi connectivity index (χ0) is 31.9. The minimum absolute atomic E-state index is 0.0524. The van der Waals surface area contributed by atoms with Crippen LogP contribution in [0, 0.1) is 13.8 Å². The first-order chi connectivity index (χ1) is 21.0. The van der Waals surface area contributed by atoms with Crippen LogP contribution in [0.4, 0.5) is 5.69 Å². The van der Waals surface area contributed by atoms with E-state index in [9.17, 15) is 18.0 Å². The largest absolute Gasteiger partial charge is 0.457 e. The number of rotatable bonds is 12. The van der Waals surface area contributed by atoms with Gasteiger partial charge in [0.1, 0.15) is 24.1 Å². The van der Waals surface area contributed by atoms with E-state index in [1.807, 2.05) is 82.3 Å². The third-order valence-corrected chi connectivity index (χ3v) is 8.98. The summed E-state index contributed by atoms with van der Waals surface area (Å²) in [6, 6.07) is 28.9. The third kappa shape index (κ3) is 8.05. The molecule has 0 aliphatic heterocycles. The highest BCUT2D eigenvalue weighted by Gasteiger charge is 2.33. The maximum absolute atomic E-state index is 14.1. The van der Waals surface area contributed by atoms with Crippen molar-refractivity contribution in [2.24, 2.45) is 0 Å². The summed E-state index contributed by atoms with van der Waals surface area (Å²) < 4.78 is 35.2. The van der Waals surface area contributed by atoms with Crippen LogP contribution in [-0.4, -0.2) is 43.8 Å². The van der Waals surface area contributed by atoms with Gasteiger partial charge in [0.05, 0.1) is 10.6 Å². The van der Waals surface area contributed by atoms with Crippen molar-refractivity contribution in [1.82, 2.24) is 10.2 Å². The molecule has 0 heterocycles. The Morgan fingerprint density at radius 2 is 1.36 bits per heavy atom. The molecule has 4 aromatic carbocycles. The summed E-state index contributed by atoms with van der Waals surface area (Å²) in [5.41, 5.74) is 3.01. The molecule has 0 saturated carbocycles. The van der Waals surface area contributed by atoms with Gasteiger partial charge in [0.15, 0.2) is 0 Å². The quantitative estimate of drug-likeness (QED) is 0.204. The average molecular weight is 614 g/mol. The van der Waals surface area contributed by atoms with Crippen LogP contribution in [0.15, 0.2) is 108 Å². The topological polar surface area (TPSA) is 96.0 Å². The van der Waals surface area contributed by atoms with Gasteiger partial charge in [0.25, 0.3) is 10.0 Å². The van der Waals surface area contributed by atoms with E-state index in [0.717, 1.165) is 21.0 Å². The van der Waals surface area contributed by atoms with E-state index in [-0.39, 0.29) is 29.1 Å². The Kier molecular flexibility index (Phi) is 10.4. The predicted octanol–water partition coefficient (Wildman–Crippen LogP) is 6.23. The number of sulfonamides is 1. The molecule has 0 unspecified atom stereocenters. The van der Waals surface area contributed by atoms with Crippen molar-refractivity contribution < 1.29 is 22.7 Å². The molecule has 4 aromatic rings. The summed E-state index contributed by atoms with van der Waals surface area (Å²) in [6.45, 7) is 8.78. The van der Waals surface area contributed by atoms with Gasteiger partial charge in [0.2, 0.25) is 11.8 Å². The van der Waals surface area contributed by atoms with Crippen LogP contribution in [0.1, 0.15) is 37.5 Å². The normalized spacial score (nSPS) is 12.0. The number of carbonyl (C=O) groups is 2. The second kappa shape index (κ2) is 14.2. The average Bonchev–Trinajstić information content (AvgIpc) is 3.00. The van der Waals surface area contributed by atoms with Crippen molar-refractivity contribution in [2.75, 3.05) is 10.8 Å². The summed E-state index contributed by atoms with van der Waals surface area (Å²) in [4.78, 5) is 28.7. The van der Waals surface area contributed by atoms with E-state index < -0.39 is 28.5 Å². The first kappa shape index (κ1) is 32.3. The van der Waals surface area contributed by atoms with Gasteiger partial charge >= 0.3 is 0 Å². The fourth-order valence-electron chi connectivity index (χ4n) is 4.63. The maximum Gasteiger partial charge on any atom is 0.264 e. The SMILES string of the molecule is Cc1ccc(S(=O)(=O)N(CC(=O)N(Cc2ccccc2C)[C@H](C)C(=O)NC(C)C)c2ccc(Oc3ccccc3)cc2)cc1. The van der Waals surface area contributed by atoms with Crippen LogP contribution in [0.3, 0.4) is 0 Å². The molecule has 0 spiro atoms. The van der Waals surface area contributed by atoms with Crippen molar-refractivity contribution in [3.05, 3.63) is 120 Å². The van der Waals surface area contributed by atoms with Gasteiger partial charge in [-0.15, -0.1) is 0 Å². The lowest BCUT2D eigenvalue weighted by molar-refractivity contribution is -0.139. The Morgan fingerprint density at radius 3 is 1.98 bits per heavy atom. The highest BCUT2D eigenvalue weighted by atomic mass is 32.2. The molecule has 4 rings (SSSR count). The highest BCUT2D eigenvalue weighted by molar-refractivity contribution is 7.92. The van der Waals surface area contributed by atoms with Crippen molar-refractivity contribution >= 4 is 27.5 Å². The molecule has 0 aliphatic carbocycles. The molecule has 0 fully saturated rings. The second-order valence-electron chi connectivity index (χ2n) is 11.0. The molecule has 8 nitrogen and oxygen atoms in total. The number of hydrogen-bond acceptors (Lipinski definition) is 5. The van der Waals surface area contributed by atoms with E-state index in [1.165, 1.54) is 17.0 Å². The predicted molar refractivity (Wildman–Crippen MR) is 173 cm³/mol. The molecule has 0 saturated heterocycles. The maximum atomic E-state index is 14.1. The van der Waals surface area contributed by atoms with Crippen LogP contribution >= 0.6 is 0 Å². The minimum Gasteiger partial charge on any atom is -0.457 e. The number of nitrogens with one attached hydrogen (secondary N) is 1. The van der Waals surface area contributed by atoms with Crippen LogP contribution in [0.25, 0.3) is 0 Å². The smallest absolute Gasteiger partial charge is 0.264 e. The number of anilines is 1. The molecule has 0 aliphatic rings. The zero-order valence-corrected chi connectivity index (χ0v) is 26.5. The number of ether oxygens (including phenoxy) is 1. The van der Waals surface area contributed by atoms with Crippen LogP contribution < -0.4 is 14.4 Å². The molecule has 0 bridgehead atoms. The van der Waals surface area contributed by atoms with Crippen molar-refractivity contribution in [2.45, 2.75) is 58.1 Å². The lowest BCUT2D eigenvalue weighted by Gasteiger charge is -2.32. The third-order valence-electron chi connectivity index (χ3n) is 7.19.